The van der Waals surface area contributed by atoms with Gasteiger partial charge in [-0.3, -0.25) is 4.79 Å². The minimum absolute atomic E-state index is 0.197. The van der Waals surface area contributed by atoms with Gasteiger partial charge in [-0.05, 0) is 30.5 Å². The van der Waals surface area contributed by atoms with E-state index >= 15 is 0 Å². The summed E-state index contributed by atoms with van der Waals surface area (Å²) in [6.45, 7) is 2.24. The van der Waals surface area contributed by atoms with Crippen molar-refractivity contribution in [3.05, 3.63) is 0 Å². The van der Waals surface area contributed by atoms with Gasteiger partial charge in [0.1, 0.15) is 0 Å². The Balaban J connectivity index is 2.08. The molecule has 3 nitrogen and oxygen atoms in total. The predicted octanol–water partition coefficient (Wildman–Crippen LogP) is 1.16. The van der Waals surface area contributed by atoms with E-state index in [1.165, 1.54) is 0 Å². The highest BCUT2D eigenvalue weighted by molar-refractivity contribution is 6.35. The molecule has 1 aliphatic carbocycles. The van der Waals surface area contributed by atoms with Gasteiger partial charge >= 0.3 is 0 Å². The lowest BCUT2D eigenvalue weighted by Gasteiger charge is -2.48. The first-order valence-electron chi connectivity index (χ1n) is 5.87. The third kappa shape index (κ3) is 1.92. The molecule has 3 unspecified atom stereocenters. The van der Waals surface area contributed by atoms with E-state index in [4.69, 9.17) is 5.64 Å². The lowest BCUT2D eigenvalue weighted by molar-refractivity contribution is -0.138. The van der Waals surface area contributed by atoms with Gasteiger partial charge in [-0.25, -0.2) is 0 Å². The lowest BCUT2D eigenvalue weighted by Crippen LogP contribution is -2.50. The summed E-state index contributed by atoms with van der Waals surface area (Å²) >= 11 is 0. The first kappa shape index (κ1) is 11.0. The topological polar surface area (TPSA) is 46.3 Å². The Morgan fingerprint density at radius 1 is 1.53 bits per heavy atom. The molecule has 2 rings (SSSR count). The summed E-state index contributed by atoms with van der Waals surface area (Å²) in [5.41, 5.74) is 5.72. The van der Waals surface area contributed by atoms with E-state index < -0.39 is 0 Å². The van der Waals surface area contributed by atoms with Gasteiger partial charge in [0, 0.05) is 19.5 Å². The van der Waals surface area contributed by atoms with Gasteiger partial charge < -0.3 is 10.5 Å². The van der Waals surface area contributed by atoms with Crippen molar-refractivity contribution in [1.29, 1.82) is 0 Å². The minimum Gasteiger partial charge on any atom is -0.374 e. The van der Waals surface area contributed by atoms with Crippen molar-refractivity contribution in [2.45, 2.75) is 50.4 Å². The van der Waals surface area contributed by atoms with Gasteiger partial charge in [0.2, 0.25) is 13.3 Å². The van der Waals surface area contributed by atoms with Crippen LogP contribution in [0, 0.1) is 5.92 Å². The molecule has 1 aliphatic heterocycles. The fourth-order valence-electron chi connectivity index (χ4n) is 3.18. The summed E-state index contributed by atoms with van der Waals surface area (Å²) in [6, 6.07) is 0.472. The predicted molar refractivity (Wildman–Crippen MR) is 61.4 cm³/mol. The normalized spacial score (nSPS) is 41.3. The van der Waals surface area contributed by atoms with Gasteiger partial charge in [0.15, 0.2) is 0 Å². The first-order chi connectivity index (χ1) is 7.06. The first-order valence-corrected chi connectivity index (χ1v) is 5.87. The van der Waals surface area contributed by atoms with Crippen molar-refractivity contribution in [3.63, 3.8) is 0 Å². The zero-order valence-corrected chi connectivity index (χ0v) is 9.70. The smallest absolute Gasteiger partial charge is 0.222 e. The molecule has 4 heteroatoms. The molecule has 0 spiro atoms. The van der Waals surface area contributed by atoms with Crippen LogP contribution in [0.25, 0.3) is 0 Å². The van der Waals surface area contributed by atoms with Crippen molar-refractivity contribution < 1.29 is 4.79 Å². The Morgan fingerprint density at radius 3 is 2.93 bits per heavy atom. The fourth-order valence-corrected chi connectivity index (χ4v) is 3.18. The second-order valence-corrected chi connectivity index (χ2v) is 5.43. The van der Waals surface area contributed by atoms with Crippen LogP contribution >= 0.6 is 0 Å². The monoisotopic (exact) mass is 207 g/mol. The number of amides is 1. The Labute approximate surface area is 92.6 Å². The van der Waals surface area contributed by atoms with Gasteiger partial charge in [-0.2, -0.15) is 0 Å². The molecular weight excluding hydrogens is 187 g/mol. The van der Waals surface area contributed by atoms with Crippen LogP contribution in [-0.2, 0) is 4.79 Å². The van der Waals surface area contributed by atoms with Crippen LogP contribution in [0.2, 0.25) is 5.31 Å². The number of piperidine rings is 1. The number of carbonyl (C=O) groups is 1. The number of hydrogen-bond donors (Lipinski definition) is 1. The number of nitrogens with zero attached hydrogens (tertiary/aromatic N) is 1. The largest absolute Gasteiger partial charge is 0.374 e. The lowest BCUT2D eigenvalue weighted by atomic mass is 9.52. The van der Waals surface area contributed by atoms with Crippen molar-refractivity contribution in [2.24, 2.45) is 11.6 Å². The summed E-state index contributed by atoms with van der Waals surface area (Å²) in [6.07, 6.45) is 5.14. The highest BCUT2D eigenvalue weighted by Gasteiger charge is 2.42. The van der Waals surface area contributed by atoms with Gasteiger partial charge in [0.25, 0.3) is 0 Å². The van der Waals surface area contributed by atoms with Gasteiger partial charge in [0.05, 0.1) is 0 Å². The van der Waals surface area contributed by atoms with E-state index in [1.54, 1.807) is 0 Å². The van der Waals surface area contributed by atoms with Crippen LogP contribution < -0.4 is 5.64 Å². The molecule has 2 N–H and O–H groups in total. The zero-order valence-electron chi connectivity index (χ0n) is 9.70. The molecule has 1 heterocycles. The highest BCUT2D eigenvalue weighted by atomic mass is 16.2. The molecule has 15 heavy (non-hydrogen) atoms. The summed E-state index contributed by atoms with van der Waals surface area (Å²) < 4.78 is 0. The Bertz CT molecular complexity index is 271. The third-order valence-corrected chi connectivity index (χ3v) is 4.31. The van der Waals surface area contributed by atoms with Crippen LogP contribution in [-0.4, -0.2) is 31.3 Å². The van der Waals surface area contributed by atoms with Crippen molar-refractivity contribution in [1.82, 2.24) is 4.90 Å². The van der Waals surface area contributed by atoms with Gasteiger partial charge in [-0.1, -0.05) is 13.3 Å². The molecule has 2 aliphatic rings. The SMILES string of the molecule is CN1C(=O)CCC2CC(C)([B]N)CCC21. The van der Waals surface area contributed by atoms with Crippen LogP contribution in [0.4, 0.5) is 0 Å². The fraction of sp³-hybridized carbons (Fsp3) is 0.909. The van der Waals surface area contributed by atoms with E-state index in [-0.39, 0.29) is 5.31 Å². The molecule has 0 aromatic carbocycles. The number of likely N-dealkylation sites (tertiary alicyclic amines) is 1. The average molecular weight is 207 g/mol. The van der Waals surface area contributed by atoms with Crippen molar-refractivity contribution in [3.8, 4) is 0 Å². The summed E-state index contributed by atoms with van der Waals surface area (Å²) in [4.78, 5) is 13.5. The Kier molecular flexibility index (Phi) is 2.80. The van der Waals surface area contributed by atoms with Crippen LogP contribution in [0.5, 0.6) is 0 Å². The summed E-state index contributed by atoms with van der Waals surface area (Å²) in [5, 5.41) is 0.197. The molecule has 83 valence electrons. The Hall–Kier alpha value is -0.505. The molecule has 0 aromatic rings. The number of hydrogen-bond acceptors (Lipinski definition) is 2. The highest BCUT2D eigenvalue weighted by Crippen LogP contribution is 2.47. The van der Waals surface area contributed by atoms with E-state index in [0.717, 1.165) is 32.1 Å². The standard InChI is InChI=1S/C11H20BN2O/c1-11(12-13)6-5-9-8(7-11)3-4-10(15)14(9)2/h8-9H,3-7,13H2,1-2H3. The second-order valence-electron chi connectivity index (χ2n) is 5.43. The molecule has 3 atom stereocenters. The quantitative estimate of drug-likeness (QED) is 0.656. The number of nitrogens with two attached hydrogens (primary N) is 1. The van der Waals surface area contributed by atoms with E-state index in [1.807, 2.05) is 19.4 Å². The van der Waals surface area contributed by atoms with E-state index in [2.05, 4.69) is 6.92 Å². The van der Waals surface area contributed by atoms with Crippen LogP contribution in [0.1, 0.15) is 39.0 Å². The maximum atomic E-state index is 11.6. The van der Waals surface area contributed by atoms with Crippen LogP contribution in [0.3, 0.4) is 0 Å². The third-order valence-electron chi connectivity index (χ3n) is 4.31. The second kappa shape index (κ2) is 3.82. The maximum Gasteiger partial charge on any atom is 0.222 e. The van der Waals surface area contributed by atoms with E-state index in [9.17, 15) is 4.79 Å². The van der Waals surface area contributed by atoms with E-state index in [0.29, 0.717) is 17.9 Å². The maximum absolute atomic E-state index is 11.6. The van der Waals surface area contributed by atoms with Crippen molar-refractivity contribution in [2.75, 3.05) is 7.05 Å². The molecule has 1 radical (unpaired) electrons. The van der Waals surface area contributed by atoms with Crippen LogP contribution in [0.15, 0.2) is 0 Å². The molecule has 1 amide bonds. The summed E-state index contributed by atoms with van der Waals surface area (Å²) in [7, 11) is 3.81. The number of fused-ring (bicyclic) bond motifs is 1. The molecular formula is C11H20BN2O. The molecule has 2 fully saturated rings. The van der Waals surface area contributed by atoms with Crippen molar-refractivity contribution >= 4 is 13.3 Å². The van der Waals surface area contributed by atoms with Gasteiger partial charge in [-0.15, -0.1) is 0 Å². The molecule has 1 saturated heterocycles. The minimum atomic E-state index is 0.197. The Morgan fingerprint density at radius 2 is 2.27 bits per heavy atom. The molecule has 1 saturated carbocycles. The summed E-state index contributed by atoms with van der Waals surface area (Å²) in [5.74, 6) is 0.975. The average Bonchev–Trinajstić information content (AvgIpc) is 2.24. The number of rotatable bonds is 1. The number of carbonyl (C=O) groups excluding carboxylic acids is 1. The molecule has 0 bridgehead atoms. The molecule has 0 aromatic heterocycles. The zero-order chi connectivity index (χ0) is 11.1.